The molecule has 0 spiro atoms. The maximum absolute atomic E-state index is 14.2. The molecule has 2 aromatic heterocycles. The summed E-state index contributed by atoms with van der Waals surface area (Å²) >= 11 is 0. The highest BCUT2D eigenvalue weighted by molar-refractivity contribution is 6.02. The van der Waals surface area contributed by atoms with Gasteiger partial charge in [-0.2, -0.15) is 0 Å². The van der Waals surface area contributed by atoms with Gasteiger partial charge in [0.15, 0.2) is 0 Å². The van der Waals surface area contributed by atoms with Crippen LogP contribution in [0.5, 0.6) is 0 Å². The minimum atomic E-state index is -0.951. The third-order valence-corrected chi connectivity index (χ3v) is 9.45. The topological polar surface area (TPSA) is 176 Å². The smallest absolute Gasteiger partial charge is 0.323 e. The molecule has 0 radical (unpaired) electrons. The lowest BCUT2D eigenvalue weighted by Crippen LogP contribution is -2.52. The van der Waals surface area contributed by atoms with Crippen molar-refractivity contribution in [3.8, 4) is 11.1 Å². The van der Waals surface area contributed by atoms with Crippen molar-refractivity contribution in [2.45, 2.75) is 65.0 Å². The van der Waals surface area contributed by atoms with E-state index >= 15 is 0 Å². The Morgan fingerprint density at radius 3 is 2.26 bits per heavy atom. The fourth-order valence-corrected chi connectivity index (χ4v) is 6.80. The van der Waals surface area contributed by atoms with E-state index in [4.69, 9.17) is 11.5 Å². The molecule has 0 unspecified atom stereocenters. The standard InChI is InChI=1S/C35H41N7O4.ClH/c1-19(2)42-34(45)27-14-20(3)26(17-29(27)40-42)23-8-4-21(5-9-23)15-31(32(37)43)41(33(44)24-10-6-22(18-36)7-11-24)25-12-13-28-30(16-25)39-35(46)38-28;/h4-5,8-9,12-14,16-17,19,22,24,31,40H,6-7,10-11,15,18,36H2,1-3H3,(H2,37,43)(H2,38,39,46);1H/t22-,24-,31-;/m0./s1. The van der Waals surface area contributed by atoms with Crippen molar-refractivity contribution in [3.63, 3.8) is 0 Å². The number of hydrogen-bond acceptors (Lipinski definition) is 5. The first-order valence-electron chi connectivity index (χ1n) is 15.9. The first-order valence-corrected chi connectivity index (χ1v) is 15.9. The molecule has 47 heavy (non-hydrogen) atoms. The zero-order chi connectivity index (χ0) is 32.7. The Kier molecular flexibility index (Phi) is 9.78. The predicted octanol–water partition coefficient (Wildman–Crippen LogP) is 4.67. The van der Waals surface area contributed by atoms with Crippen molar-refractivity contribution in [2.24, 2.45) is 23.3 Å². The molecular weight excluding hydrogens is 618 g/mol. The van der Waals surface area contributed by atoms with Gasteiger partial charge in [0.05, 0.1) is 21.9 Å². The van der Waals surface area contributed by atoms with Crippen molar-refractivity contribution < 1.29 is 9.59 Å². The molecule has 3 aromatic carbocycles. The number of benzene rings is 3. The minimum absolute atomic E-state index is 0. The number of anilines is 1. The van der Waals surface area contributed by atoms with E-state index in [-0.39, 0.29) is 47.9 Å². The summed E-state index contributed by atoms with van der Waals surface area (Å²) in [7, 11) is 0. The summed E-state index contributed by atoms with van der Waals surface area (Å²) in [6.45, 7) is 6.50. The molecule has 1 saturated carbocycles. The molecule has 7 N–H and O–H groups in total. The molecule has 0 saturated heterocycles. The van der Waals surface area contributed by atoms with E-state index in [9.17, 15) is 19.2 Å². The molecule has 5 aromatic rings. The normalized spacial score (nSPS) is 17.1. The van der Waals surface area contributed by atoms with Crippen LogP contribution < -0.4 is 27.6 Å². The average molecular weight is 660 g/mol. The average Bonchev–Trinajstić information content (AvgIpc) is 3.58. The Morgan fingerprint density at radius 1 is 0.936 bits per heavy atom. The number of H-pyrrole nitrogens is 3. The van der Waals surface area contributed by atoms with Gasteiger partial charge in [0.1, 0.15) is 6.04 Å². The molecule has 2 heterocycles. The monoisotopic (exact) mass is 659 g/mol. The first-order chi connectivity index (χ1) is 22.0. The maximum Gasteiger partial charge on any atom is 0.323 e. The van der Waals surface area contributed by atoms with Crippen LogP contribution in [0.3, 0.4) is 0 Å². The Labute approximate surface area is 278 Å². The Morgan fingerprint density at radius 2 is 1.62 bits per heavy atom. The SMILES string of the molecule is Cc1cc2c(=O)n(C(C)C)[nH]c2cc1-c1ccc(C[C@@H](C(N)=O)N(c2ccc3[nH]c(=O)[nH]c3c2)C(=O)[C@H]2CC[C@H](CN)CC2)cc1.Cl. The van der Waals surface area contributed by atoms with Gasteiger partial charge in [-0.15, -0.1) is 12.4 Å². The fraction of sp³-hybridized carbons (Fsp3) is 0.371. The zero-order valence-corrected chi connectivity index (χ0v) is 27.7. The molecule has 1 aliphatic rings. The van der Waals surface area contributed by atoms with Crippen molar-refractivity contribution in [1.29, 1.82) is 0 Å². The Bertz CT molecular complexity index is 2030. The van der Waals surface area contributed by atoms with Gasteiger partial charge in [-0.25, -0.2) is 9.48 Å². The van der Waals surface area contributed by atoms with Crippen molar-refractivity contribution in [1.82, 2.24) is 19.7 Å². The first kappa shape index (κ1) is 33.7. The second kappa shape index (κ2) is 13.6. The Balaban J connectivity index is 0.00000433. The van der Waals surface area contributed by atoms with Gasteiger partial charge in [-0.3, -0.25) is 24.4 Å². The van der Waals surface area contributed by atoms with Gasteiger partial charge < -0.3 is 21.4 Å². The largest absolute Gasteiger partial charge is 0.368 e. The molecule has 0 aliphatic heterocycles. The molecule has 1 aliphatic carbocycles. The number of nitrogens with two attached hydrogens (primary N) is 2. The van der Waals surface area contributed by atoms with Gasteiger partial charge in [-0.1, -0.05) is 24.3 Å². The molecular formula is C35H42ClN7O4. The van der Waals surface area contributed by atoms with Crippen molar-refractivity contribution >= 4 is 51.8 Å². The number of imidazole rings is 1. The van der Waals surface area contributed by atoms with E-state index < -0.39 is 11.9 Å². The van der Waals surface area contributed by atoms with Crippen LogP contribution in [0.4, 0.5) is 5.69 Å². The summed E-state index contributed by atoms with van der Waals surface area (Å²) in [6.07, 6.45) is 3.31. The summed E-state index contributed by atoms with van der Waals surface area (Å²) < 4.78 is 1.63. The summed E-state index contributed by atoms with van der Waals surface area (Å²) in [5, 5.41) is 3.87. The third-order valence-electron chi connectivity index (χ3n) is 9.45. The number of carbonyl (C=O) groups excluding carboxylic acids is 2. The minimum Gasteiger partial charge on any atom is -0.368 e. The quantitative estimate of drug-likeness (QED) is 0.154. The second-order valence-electron chi connectivity index (χ2n) is 12.9. The van der Waals surface area contributed by atoms with E-state index in [1.54, 1.807) is 22.9 Å². The molecule has 1 fully saturated rings. The molecule has 2 amide bonds. The summed E-state index contributed by atoms with van der Waals surface area (Å²) in [5.74, 6) is -0.637. The number of fused-ring (bicyclic) bond motifs is 2. The highest BCUT2D eigenvalue weighted by Gasteiger charge is 2.36. The molecule has 248 valence electrons. The summed E-state index contributed by atoms with van der Waals surface area (Å²) in [4.78, 5) is 59.1. The van der Waals surface area contributed by atoms with E-state index in [0.717, 1.165) is 40.6 Å². The van der Waals surface area contributed by atoms with Gasteiger partial charge in [0.25, 0.3) is 5.56 Å². The van der Waals surface area contributed by atoms with Gasteiger partial charge in [0.2, 0.25) is 11.8 Å². The number of nitrogens with one attached hydrogen (secondary N) is 3. The van der Waals surface area contributed by atoms with E-state index in [0.29, 0.717) is 47.4 Å². The molecule has 0 bridgehead atoms. The Hall–Kier alpha value is -4.61. The number of amides is 2. The van der Waals surface area contributed by atoms with Crippen LogP contribution in [0.1, 0.15) is 56.7 Å². The number of aromatic nitrogens is 4. The van der Waals surface area contributed by atoms with Gasteiger partial charge >= 0.3 is 5.69 Å². The number of carbonyl (C=O) groups is 2. The number of halogens is 1. The predicted molar refractivity (Wildman–Crippen MR) is 188 cm³/mol. The zero-order valence-electron chi connectivity index (χ0n) is 26.8. The van der Waals surface area contributed by atoms with Crippen LogP contribution in [0.2, 0.25) is 0 Å². The second-order valence-corrected chi connectivity index (χ2v) is 12.9. The number of aromatic amines is 3. The number of nitrogens with zero attached hydrogens (tertiary/aromatic N) is 2. The fourth-order valence-electron chi connectivity index (χ4n) is 6.80. The number of hydrogen-bond donors (Lipinski definition) is 5. The van der Waals surface area contributed by atoms with Crippen molar-refractivity contribution in [3.05, 3.63) is 86.6 Å². The maximum atomic E-state index is 14.2. The number of rotatable bonds is 9. The van der Waals surface area contributed by atoms with Gasteiger partial charge in [-0.05, 0) is 112 Å². The third kappa shape index (κ3) is 6.63. The van der Waals surface area contributed by atoms with Crippen LogP contribution in [0, 0.1) is 18.8 Å². The molecule has 12 heteroatoms. The number of primary amides is 1. The molecule has 11 nitrogen and oxygen atoms in total. The van der Waals surface area contributed by atoms with Crippen molar-refractivity contribution in [2.75, 3.05) is 11.4 Å². The van der Waals surface area contributed by atoms with Crippen LogP contribution in [-0.4, -0.2) is 44.1 Å². The molecule has 6 rings (SSSR count). The highest BCUT2D eigenvalue weighted by atomic mass is 35.5. The molecule has 1 atom stereocenters. The van der Waals surface area contributed by atoms with E-state index in [1.165, 1.54) is 4.90 Å². The van der Waals surface area contributed by atoms with Crippen LogP contribution in [-0.2, 0) is 16.0 Å². The highest BCUT2D eigenvalue weighted by Crippen LogP contribution is 2.33. The van der Waals surface area contributed by atoms with Gasteiger partial charge in [0, 0.05) is 24.1 Å². The summed E-state index contributed by atoms with van der Waals surface area (Å²) in [6, 6.07) is 16.0. The lowest BCUT2D eigenvalue weighted by molar-refractivity contribution is -0.127. The lowest BCUT2D eigenvalue weighted by atomic mass is 9.81. The summed E-state index contributed by atoms with van der Waals surface area (Å²) in [5.41, 5.74) is 17.7. The number of aryl methyl sites for hydroxylation is 1. The van der Waals surface area contributed by atoms with Crippen LogP contribution in [0.25, 0.3) is 33.1 Å². The lowest BCUT2D eigenvalue weighted by Gasteiger charge is -2.35. The van der Waals surface area contributed by atoms with E-state index in [2.05, 4.69) is 15.1 Å². The van der Waals surface area contributed by atoms with Crippen LogP contribution in [0.15, 0.2) is 64.2 Å². The van der Waals surface area contributed by atoms with E-state index in [1.807, 2.05) is 57.2 Å². The van der Waals surface area contributed by atoms with Crippen LogP contribution >= 0.6 is 12.4 Å².